The zero-order valence-corrected chi connectivity index (χ0v) is 26.0. The average molecular weight is 618 g/mol. The van der Waals surface area contributed by atoms with Gasteiger partial charge in [0.1, 0.15) is 0 Å². The Morgan fingerprint density at radius 2 is 1.72 bits per heavy atom. The smallest absolute Gasteiger partial charge is 0.270 e. The quantitative estimate of drug-likeness (QED) is 0.138. The van der Waals surface area contributed by atoms with E-state index in [1.807, 2.05) is 60.7 Å². The second-order valence-corrected chi connectivity index (χ2v) is 13.1. The Morgan fingerprint density at radius 1 is 1.05 bits per heavy atom. The Hall–Kier alpha value is -3.59. The number of benzene rings is 4. The molecule has 0 aliphatic carbocycles. The fourth-order valence-electron chi connectivity index (χ4n) is 6.18. The van der Waals surface area contributed by atoms with Crippen LogP contribution in [0.3, 0.4) is 0 Å². The summed E-state index contributed by atoms with van der Waals surface area (Å²) in [4.78, 5) is 30.0. The van der Waals surface area contributed by atoms with Crippen molar-refractivity contribution in [1.82, 2.24) is 9.80 Å². The number of nitro benzene ring substituents is 1. The van der Waals surface area contributed by atoms with E-state index in [0.29, 0.717) is 33.8 Å². The fourth-order valence-corrected chi connectivity index (χ4v) is 7.14. The van der Waals surface area contributed by atoms with Crippen molar-refractivity contribution in [2.75, 3.05) is 39.5 Å². The largest absolute Gasteiger partial charge is 0.341 e. The molecule has 9 heteroatoms. The van der Waals surface area contributed by atoms with Crippen molar-refractivity contribution >= 4 is 44.8 Å². The normalized spacial score (nSPS) is 15.7. The Bertz CT molecular complexity index is 1640. The summed E-state index contributed by atoms with van der Waals surface area (Å²) in [6.07, 6.45) is 4.61. The molecule has 0 bridgehead atoms. The van der Waals surface area contributed by atoms with Crippen LogP contribution in [0.5, 0.6) is 0 Å². The van der Waals surface area contributed by atoms with Gasteiger partial charge in [-0.25, -0.2) is 0 Å². The first-order valence-corrected chi connectivity index (χ1v) is 16.5. The molecule has 0 spiro atoms. The Morgan fingerprint density at radius 3 is 2.42 bits per heavy atom. The van der Waals surface area contributed by atoms with E-state index in [-0.39, 0.29) is 17.5 Å². The van der Waals surface area contributed by atoms with E-state index >= 15 is 0 Å². The molecule has 7 nitrogen and oxygen atoms in total. The van der Waals surface area contributed by atoms with Crippen LogP contribution in [0.15, 0.2) is 89.8 Å². The van der Waals surface area contributed by atoms with Crippen LogP contribution in [-0.4, -0.2) is 64.3 Å². The second-order valence-electron chi connectivity index (χ2n) is 11.3. The van der Waals surface area contributed by atoms with Gasteiger partial charge >= 0.3 is 0 Å². The van der Waals surface area contributed by atoms with Crippen LogP contribution in [-0.2, 0) is 10.8 Å². The summed E-state index contributed by atoms with van der Waals surface area (Å²) < 4.78 is 12.3. The number of carbonyl (C=O) groups excluding carboxylic acids is 1. The number of piperidine rings is 1. The maximum absolute atomic E-state index is 13.8. The third kappa shape index (κ3) is 7.32. The molecule has 4 aromatic rings. The summed E-state index contributed by atoms with van der Waals surface area (Å²) in [6.45, 7) is 3.25. The standard InChI is InChI=1S/C34H36ClN3O4S/c1-36(34(39)32-22-29(38(40)41)21-26-7-3-4-8-30(26)32)23-27(24-11-13-28(35)14-12-24)17-20-37-18-15-25(16-19-37)31-9-5-6-10-33(31)43(2)42/h3-14,21-22,25,27H,15-20,23H2,1-2H3. The molecule has 1 saturated heterocycles. The van der Waals surface area contributed by atoms with E-state index in [1.54, 1.807) is 24.3 Å². The molecule has 2 atom stereocenters. The van der Waals surface area contributed by atoms with Crippen molar-refractivity contribution < 1.29 is 13.9 Å². The lowest BCUT2D eigenvalue weighted by Gasteiger charge is -2.34. The third-order valence-corrected chi connectivity index (χ3v) is 9.76. The van der Waals surface area contributed by atoms with Crippen LogP contribution in [0.1, 0.15) is 52.6 Å². The molecular weight excluding hydrogens is 582 g/mol. The summed E-state index contributed by atoms with van der Waals surface area (Å²) in [5.41, 5.74) is 2.54. The van der Waals surface area contributed by atoms with E-state index < -0.39 is 15.7 Å². The lowest BCUT2D eigenvalue weighted by molar-refractivity contribution is -0.384. The minimum absolute atomic E-state index is 0.0529. The molecule has 1 amide bonds. The number of nitro groups is 1. The summed E-state index contributed by atoms with van der Waals surface area (Å²) in [5.74, 6) is 0.209. The number of hydrogen-bond acceptors (Lipinski definition) is 5. The second kappa shape index (κ2) is 13.8. The molecular formula is C34H36ClN3O4S. The molecule has 1 heterocycles. The third-order valence-electron chi connectivity index (χ3n) is 8.52. The number of nitrogens with zero attached hydrogens (tertiary/aromatic N) is 3. The van der Waals surface area contributed by atoms with Gasteiger partial charge in [-0.2, -0.15) is 0 Å². The lowest BCUT2D eigenvalue weighted by Crippen LogP contribution is -2.36. The number of rotatable bonds is 10. The van der Waals surface area contributed by atoms with Crippen molar-refractivity contribution in [3.05, 3.63) is 117 Å². The van der Waals surface area contributed by atoms with Crippen LogP contribution in [0.4, 0.5) is 5.69 Å². The highest BCUT2D eigenvalue weighted by Crippen LogP contribution is 2.33. The van der Waals surface area contributed by atoms with Crippen molar-refractivity contribution in [3.63, 3.8) is 0 Å². The van der Waals surface area contributed by atoms with Gasteiger partial charge in [0.05, 0.1) is 21.3 Å². The number of hydrogen-bond donors (Lipinski definition) is 0. The molecule has 0 aromatic heterocycles. The molecule has 4 aromatic carbocycles. The minimum atomic E-state index is -1.01. The van der Waals surface area contributed by atoms with Gasteiger partial charge in [0, 0.05) is 47.8 Å². The lowest BCUT2D eigenvalue weighted by atomic mass is 9.88. The van der Waals surface area contributed by atoms with Crippen LogP contribution in [0, 0.1) is 10.1 Å². The minimum Gasteiger partial charge on any atom is -0.341 e. The molecule has 1 fully saturated rings. The van der Waals surface area contributed by atoms with Crippen LogP contribution in [0.2, 0.25) is 5.02 Å². The molecule has 224 valence electrons. The SMILES string of the molecule is CN(CC(CCN1CCC(c2ccccc2S(C)=O)CC1)c1ccc(Cl)cc1)C(=O)c1cc([N+](=O)[O-])cc2ccccc12. The molecule has 5 rings (SSSR count). The van der Waals surface area contributed by atoms with Gasteiger partial charge in [-0.1, -0.05) is 66.2 Å². The van der Waals surface area contributed by atoms with Crippen LogP contribution in [0.25, 0.3) is 10.8 Å². The van der Waals surface area contributed by atoms with Gasteiger partial charge in [0.25, 0.3) is 11.6 Å². The van der Waals surface area contributed by atoms with Crippen molar-refractivity contribution in [2.45, 2.75) is 36.0 Å². The first kappa shape index (κ1) is 30.9. The van der Waals surface area contributed by atoms with Gasteiger partial charge < -0.3 is 9.80 Å². The number of halogens is 1. The van der Waals surface area contributed by atoms with E-state index in [9.17, 15) is 19.1 Å². The Labute approximate surface area is 260 Å². The topological polar surface area (TPSA) is 83.8 Å². The van der Waals surface area contributed by atoms with Crippen molar-refractivity contribution in [2.24, 2.45) is 0 Å². The Balaban J connectivity index is 1.30. The van der Waals surface area contributed by atoms with Crippen molar-refractivity contribution in [1.29, 1.82) is 0 Å². The maximum Gasteiger partial charge on any atom is 0.270 e. The highest BCUT2D eigenvalue weighted by molar-refractivity contribution is 7.84. The molecule has 0 saturated carbocycles. The first-order valence-electron chi connectivity index (χ1n) is 14.5. The average Bonchev–Trinajstić information content (AvgIpc) is 3.02. The number of likely N-dealkylation sites (tertiary alicyclic amines) is 1. The maximum atomic E-state index is 13.8. The molecule has 1 aliphatic rings. The van der Waals surface area contributed by atoms with E-state index in [0.717, 1.165) is 49.4 Å². The number of carbonyl (C=O) groups is 1. The van der Waals surface area contributed by atoms with Crippen LogP contribution >= 0.6 is 11.6 Å². The van der Waals surface area contributed by atoms with E-state index in [4.69, 9.17) is 11.6 Å². The predicted molar refractivity (Wildman–Crippen MR) is 174 cm³/mol. The molecule has 0 N–H and O–H groups in total. The first-order chi connectivity index (χ1) is 20.7. The number of fused-ring (bicyclic) bond motifs is 1. The van der Waals surface area contributed by atoms with Gasteiger partial charge in [-0.15, -0.1) is 0 Å². The number of amides is 1. The van der Waals surface area contributed by atoms with Gasteiger partial charge in [-0.05, 0) is 84.9 Å². The molecule has 1 aliphatic heterocycles. The van der Waals surface area contributed by atoms with Crippen LogP contribution < -0.4 is 0 Å². The van der Waals surface area contributed by atoms with Gasteiger partial charge in [-0.3, -0.25) is 19.1 Å². The molecule has 43 heavy (non-hydrogen) atoms. The van der Waals surface area contributed by atoms with Gasteiger partial charge in [0.2, 0.25) is 0 Å². The molecule has 2 unspecified atom stereocenters. The fraction of sp³-hybridized carbons (Fsp3) is 0.324. The molecule has 0 radical (unpaired) electrons. The number of non-ortho nitro benzene ring substituents is 1. The summed E-state index contributed by atoms with van der Waals surface area (Å²) >= 11 is 6.20. The van der Waals surface area contributed by atoms with E-state index in [2.05, 4.69) is 11.0 Å². The zero-order valence-electron chi connectivity index (χ0n) is 24.4. The predicted octanol–water partition coefficient (Wildman–Crippen LogP) is 7.26. The summed E-state index contributed by atoms with van der Waals surface area (Å²) in [5, 5.41) is 13.6. The monoisotopic (exact) mass is 617 g/mol. The zero-order chi connectivity index (χ0) is 30.5. The summed E-state index contributed by atoms with van der Waals surface area (Å²) in [6, 6.07) is 26.0. The van der Waals surface area contributed by atoms with E-state index in [1.165, 1.54) is 17.7 Å². The number of likely N-dealkylation sites (N-methyl/N-ethyl adjacent to an activating group) is 1. The Kier molecular flexibility index (Phi) is 9.90. The van der Waals surface area contributed by atoms with Crippen molar-refractivity contribution in [3.8, 4) is 0 Å². The highest BCUT2D eigenvalue weighted by atomic mass is 35.5. The summed E-state index contributed by atoms with van der Waals surface area (Å²) in [7, 11) is 0.756. The van der Waals surface area contributed by atoms with Gasteiger partial charge in [0.15, 0.2) is 0 Å². The highest BCUT2D eigenvalue weighted by Gasteiger charge is 2.26.